The Morgan fingerprint density at radius 2 is 0.783 bits per heavy atom. The second-order valence-electron chi connectivity index (χ2n) is 27.2. The first-order chi connectivity index (χ1) is 44.8. The minimum atomic E-state index is -1.70. The Morgan fingerprint density at radius 1 is 0.402 bits per heavy atom. The third-order valence-electron chi connectivity index (χ3n) is 18.6. The number of aromatic hydroxyl groups is 2. The summed E-state index contributed by atoms with van der Waals surface area (Å²) in [5.74, 6) is -0.228. The molecular weight excluding hydrogens is 1140 g/mol. The van der Waals surface area contributed by atoms with Crippen LogP contribution >= 0.6 is 0 Å². The number of hydrogen-bond donors (Lipinski definition) is 7. The Balaban J connectivity index is 0.000000762. The number of fused-ring (bicyclic) bond motifs is 1. The molecule has 0 aliphatic rings. The maximum absolute atomic E-state index is 10.1. The predicted octanol–water partition coefficient (Wildman–Crippen LogP) is 22.5. The largest absolute Gasteiger partial charge is 0.507 e. The van der Waals surface area contributed by atoms with Crippen LogP contribution in [0.5, 0.6) is 11.5 Å². The normalized spacial score (nSPS) is 13.5. The molecule has 4 aromatic carbocycles. The number of nitrogens with zero attached hydrogens (tertiary/aromatic N) is 2. The van der Waals surface area contributed by atoms with Crippen molar-refractivity contribution in [2.75, 3.05) is 6.61 Å². The van der Waals surface area contributed by atoms with Crippen LogP contribution in [0.4, 0.5) is 11.4 Å². The molecule has 7 N–H and O–H groups in total. The minimum Gasteiger partial charge on any atom is -0.507 e. The summed E-state index contributed by atoms with van der Waals surface area (Å²) in [5, 5.41) is 68.5. The van der Waals surface area contributed by atoms with E-state index in [9.17, 15) is 30.6 Å². The summed E-state index contributed by atoms with van der Waals surface area (Å²) >= 11 is 0. The number of rotatable bonds is 54. The maximum Gasteiger partial charge on any atom is 0.127 e. The van der Waals surface area contributed by atoms with Crippen molar-refractivity contribution in [1.29, 1.82) is 0 Å². The molecule has 520 valence electrons. The zero-order valence-corrected chi connectivity index (χ0v) is 59.8. The van der Waals surface area contributed by atoms with Gasteiger partial charge in [-0.25, -0.2) is 4.99 Å². The van der Waals surface area contributed by atoms with Crippen molar-refractivity contribution in [2.24, 2.45) is 9.98 Å². The van der Waals surface area contributed by atoms with E-state index in [2.05, 4.69) is 90.1 Å². The van der Waals surface area contributed by atoms with Crippen molar-refractivity contribution in [3.63, 3.8) is 0 Å². The molecule has 4 aromatic rings. The zero-order chi connectivity index (χ0) is 66.8. The van der Waals surface area contributed by atoms with Gasteiger partial charge in [-0.1, -0.05) is 277 Å². The van der Waals surface area contributed by atoms with Gasteiger partial charge < -0.3 is 35.7 Å². The van der Waals surface area contributed by atoms with Gasteiger partial charge in [-0.3, -0.25) is 4.99 Å². The summed E-state index contributed by atoms with van der Waals surface area (Å²) < 4.78 is 0. The van der Waals surface area contributed by atoms with Gasteiger partial charge in [0.05, 0.1) is 40.9 Å². The molecule has 0 radical (unpaired) electrons. The number of hydrogen-bond acceptors (Lipinski definition) is 9. The summed E-state index contributed by atoms with van der Waals surface area (Å²) in [5.41, 5.74) is 11.8. The SMILES string of the molecule is CCCCCCCCCCCCCCCCCCCCCCCCCCC=CC(=Nc1ccc(CCCC)c(CCCC)c1)C(CCCCCCCC)=Nc1ccc(CCCC)c(CCCC)c1.Cc1cc(O)c2c(O)cc(CC(O)C(O)C(O)C(O)CO)cc2c1. The molecule has 0 spiro atoms. The summed E-state index contributed by atoms with van der Waals surface area (Å²) in [7, 11) is 0. The van der Waals surface area contributed by atoms with E-state index >= 15 is 0 Å². The second kappa shape index (κ2) is 52.8. The molecule has 4 atom stereocenters. The topological polar surface area (TPSA) is 166 Å². The number of aliphatic hydroxyl groups is 5. The van der Waals surface area contributed by atoms with Gasteiger partial charge >= 0.3 is 0 Å². The molecule has 0 aliphatic carbocycles. The molecule has 0 saturated carbocycles. The average molecular weight is 1270 g/mol. The highest BCUT2D eigenvalue weighted by molar-refractivity contribution is 6.47. The van der Waals surface area contributed by atoms with Gasteiger partial charge in [-0.05, 0) is 165 Å². The summed E-state index contributed by atoms with van der Waals surface area (Å²) in [6.07, 6.45) is 57.2. The summed E-state index contributed by atoms with van der Waals surface area (Å²) in [6, 6.07) is 20.5. The van der Waals surface area contributed by atoms with Gasteiger partial charge in [0.25, 0.3) is 0 Å². The third kappa shape index (κ3) is 35.4. The fraction of sp³-hybridized carbons (Fsp3) is 0.687. The quantitative estimate of drug-likeness (QED) is 0.0171. The number of phenolic OH excluding ortho intramolecular Hbond substituents is 2. The van der Waals surface area contributed by atoms with Crippen LogP contribution in [0, 0.1) is 6.92 Å². The predicted molar refractivity (Wildman–Crippen MR) is 397 cm³/mol. The number of unbranched alkanes of at least 4 members (excludes halogenated alkanes) is 33. The van der Waals surface area contributed by atoms with E-state index in [1.165, 1.54) is 297 Å². The third-order valence-corrected chi connectivity index (χ3v) is 18.6. The van der Waals surface area contributed by atoms with Gasteiger partial charge in [0, 0.05) is 6.42 Å². The standard InChI is InChI=1S/C66H114N2.C17H22O7/c1-7-13-19-21-23-24-25-26-27-28-29-30-31-32-33-34-35-36-37-38-39-40-41-42-44-46-52-66(68-64-56-54-60(48-16-10-4)62(58-64)50-18-12-6)65(51-45-43-22-20-14-8-2)67-63-55-53-59(47-15-9-3)61(57-63)49-17-11-5;1-8-2-10-4-9(5-12(20)15(10)11(19)3-8)6-13(21)16(23)17(24)14(22)7-18/h46,52-58H,7-45,47-51H2,1-6H3;2-5,13-14,16-24H,6-7H2,1H3. The van der Waals surface area contributed by atoms with Crippen molar-refractivity contribution in [3.8, 4) is 11.5 Å². The highest BCUT2D eigenvalue weighted by Crippen LogP contribution is 2.36. The molecule has 0 bridgehead atoms. The second-order valence-corrected chi connectivity index (χ2v) is 27.2. The van der Waals surface area contributed by atoms with E-state index < -0.39 is 31.0 Å². The fourth-order valence-electron chi connectivity index (χ4n) is 12.7. The van der Waals surface area contributed by atoms with Gasteiger partial charge in [-0.15, -0.1) is 0 Å². The van der Waals surface area contributed by atoms with Gasteiger partial charge in [-0.2, -0.15) is 0 Å². The molecule has 4 rings (SSSR count). The number of aliphatic hydroxyl groups excluding tert-OH is 5. The molecule has 0 saturated heterocycles. The van der Waals surface area contributed by atoms with Crippen LogP contribution in [-0.4, -0.2) is 78.2 Å². The van der Waals surface area contributed by atoms with Crippen molar-refractivity contribution >= 4 is 33.6 Å². The fourth-order valence-corrected chi connectivity index (χ4v) is 12.7. The van der Waals surface area contributed by atoms with E-state index in [0.717, 1.165) is 48.3 Å². The number of aryl methyl sites for hydroxylation is 5. The molecule has 9 nitrogen and oxygen atoms in total. The first-order valence-corrected chi connectivity index (χ1v) is 38.2. The van der Waals surface area contributed by atoms with Gasteiger partial charge in [0.1, 0.15) is 29.8 Å². The lowest BCUT2D eigenvalue weighted by Crippen LogP contribution is -2.46. The molecule has 0 amide bonds. The molecule has 92 heavy (non-hydrogen) atoms. The van der Waals surface area contributed by atoms with Crippen LogP contribution in [0.25, 0.3) is 10.8 Å². The average Bonchev–Trinajstić information content (AvgIpc) is 0.914. The van der Waals surface area contributed by atoms with Gasteiger partial charge in [0.2, 0.25) is 0 Å². The number of phenols is 2. The molecule has 0 aliphatic heterocycles. The first kappa shape index (κ1) is 81.9. The molecule has 0 aromatic heterocycles. The summed E-state index contributed by atoms with van der Waals surface area (Å²) in [6.45, 7) is 14.9. The van der Waals surface area contributed by atoms with Crippen LogP contribution in [0.15, 0.2) is 82.8 Å². The Bertz CT molecular complexity index is 2590. The van der Waals surface area contributed by atoms with E-state index in [0.29, 0.717) is 10.9 Å². The van der Waals surface area contributed by atoms with Crippen LogP contribution in [0.2, 0.25) is 0 Å². The summed E-state index contributed by atoms with van der Waals surface area (Å²) in [4.78, 5) is 11.1. The van der Waals surface area contributed by atoms with Gasteiger partial charge in [0.15, 0.2) is 0 Å². The van der Waals surface area contributed by atoms with Crippen LogP contribution in [0.3, 0.4) is 0 Å². The monoisotopic (exact) mass is 1270 g/mol. The smallest absolute Gasteiger partial charge is 0.127 e. The zero-order valence-electron chi connectivity index (χ0n) is 59.8. The minimum absolute atomic E-state index is 0.0591. The highest BCUT2D eigenvalue weighted by atomic mass is 16.4. The van der Waals surface area contributed by atoms with E-state index in [1.54, 1.807) is 19.1 Å². The Kier molecular flexibility index (Phi) is 47.0. The van der Waals surface area contributed by atoms with Crippen molar-refractivity contribution in [2.45, 2.75) is 362 Å². The Morgan fingerprint density at radius 3 is 1.22 bits per heavy atom. The molecule has 4 unspecified atom stereocenters. The van der Waals surface area contributed by atoms with Crippen molar-refractivity contribution in [3.05, 3.63) is 106 Å². The number of benzene rings is 4. The lowest BCUT2D eigenvalue weighted by molar-refractivity contribution is -0.114. The number of allylic oxidation sites excluding steroid dienone is 2. The Hall–Kier alpha value is -4.38. The molecule has 9 heteroatoms. The molecule has 0 fully saturated rings. The molecule has 0 heterocycles. The van der Waals surface area contributed by atoms with Crippen molar-refractivity contribution in [1.82, 2.24) is 0 Å². The lowest BCUT2D eigenvalue weighted by atomic mass is 9.95. The lowest BCUT2D eigenvalue weighted by Gasteiger charge is -2.25. The van der Waals surface area contributed by atoms with E-state index in [4.69, 9.17) is 15.1 Å². The number of aliphatic imine (C=N–C) groups is 2. The van der Waals surface area contributed by atoms with E-state index in [-0.39, 0.29) is 23.3 Å². The van der Waals surface area contributed by atoms with Crippen LogP contribution < -0.4 is 0 Å². The van der Waals surface area contributed by atoms with Crippen LogP contribution in [0.1, 0.15) is 332 Å². The maximum atomic E-state index is 10.1. The first-order valence-electron chi connectivity index (χ1n) is 38.2. The van der Waals surface area contributed by atoms with Crippen molar-refractivity contribution < 1.29 is 35.7 Å². The highest BCUT2D eigenvalue weighted by Gasteiger charge is 2.30. The van der Waals surface area contributed by atoms with E-state index in [1.807, 2.05) is 0 Å². The van der Waals surface area contributed by atoms with Crippen LogP contribution in [-0.2, 0) is 32.1 Å². The Labute approximate surface area is 562 Å². The molecular formula is C83H136N2O7.